The minimum absolute atomic E-state index is 1.46. The summed E-state index contributed by atoms with van der Waals surface area (Å²) < 4.78 is 5.12. The fourth-order valence-electron chi connectivity index (χ4n) is 1.09. The minimum Gasteiger partial charge on any atom is -0.305 e. The molecule has 0 aliphatic heterocycles. The molecule has 0 aromatic heterocycles. The first-order valence-electron chi connectivity index (χ1n) is 16.6. The van der Waals surface area contributed by atoms with Gasteiger partial charge in [0.15, 0.2) is 0 Å². The van der Waals surface area contributed by atoms with Crippen LogP contribution in [0.3, 0.4) is 0 Å². The second-order valence-corrected chi connectivity index (χ2v) is 179. The molecule has 0 rings (SSSR count). The second kappa shape index (κ2) is 126. The van der Waals surface area contributed by atoms with Crippen LogP contribution in [0.2, 0.25) is 0 Å². The molecule has 0 unspecified atom stereocenters. The fourth-order valence-corrected chi connectivity index (χ4v) is 258. The summed E-state index contributed by atoms with van der Waals surface area (Å²) in [5.74, 6) is 0. The Balaban J connectivity index is 3.10. The van der Waals surface area contributed by atoms with Gasteiger partial charge >= 0.3 is 0 Å². The quantitative estimate of drug-likeness (QED) is 0.0352. The van der Waals surface area contributed by atoms with Gasteiger partial charge in [0.1, 0.15) is 0 Å². The molecule has 0 aliphatic rings. The van der Waals surface area contributed by atoms with Gasteiger partial charge in [0.05, 0.1) is 13.6 Å². The fraction of sp³-hybridized carbons (Fsp3) is 1.00. The molecule has 0 fully saturated rings. The summed E-state index contributed by atoms with van der Waals surface area (Å²) in [6.45, 7) is -1.81. The minimum atomic E-state index is -1.81. The Morgan fingerprint density at radius 3 is 0.283 bits per heavy atom. The Morgan fingerprint density at radius 1 is 0.141 bits per heavy atom. The number of hydrogen-bond acceptors (Lipinski definition) is 97. The molecule has 0 radical (unpaired) electrons. The summed E-state index contributed by atoms with van der Waals surface area (Å²) in [5, 5.41) is 0. The van der Waals surface area contributed by atoms with Crippen molar-refractivity contribution in [3.63, 3.8) is 0 Å². The highest BCUT2D eigenvalue weighted by Gasteiger charge is 2.10. The lowest BCUT2D eigenvalue weighted by molar-refractivity contribution is 0.491. The van der Waals surface area contributed by atoms with Crippen molar-refractivity contribution in [2.24, 2.45) is 0 Å². The van der Waals surface area contributed by atoms with E-state index in [2.05, 4.69) is 11.7 Å². The van der Waals surface area contributed by atoms with Gasteiger partial charge in [-0.1, -0.05) is 11.7 Å². The molecule has 596 valence electrons. The van der Waals surface area contributed by atoms with Crippen LogP contribution in [-0.2, 0) is 33.0 Å². The van der Waals surface area contributed by atoms with Crippen LogP contribution in [0.25, 0.3) is 0 Å². The Kier molecular flexibility index (Phi) is 169. The molecule has 0 atom stereocenters. The van der Waals surface area contributed by atoms with Crippen LogP contribution in [0.1, 0.15) is 0 Å². The molecule has 0 aliphatic carbocycles. The van der Waals surface area contributed by atoms with E-state index in [4.69, 9.17) is 26.6 Å². The van der Waals surface area contributed by atoms with E-state index in [0.717, 1.165) is 0 Å². The van der Waals surface area contributed by atoms with Gasteiger partial charge in [-0.2, -0.15) is 0 Å². The van der Waals surface area contributed by atoms with E-state index in [-0.39, 0.29) is 0 Å². The van der Waals surface area contributed by atoms with Crippen molar-refractivity contribution in [1.82, 2.24) is 0 Å². The molecule has 98 heteroatoms. The molecule has 0 aromatic rings. The molecule has 0 N–H and O–H groups in total. The predicted molar refractivity (Wildman–Crippen MR) is 744 cm³/mol. The van der Waals surface area contributed by atoms with Gasteiger partial charge in [0.25, 0.3) is 0 Å². The van der Waals surface area contributed by atoms with E-state index in [1.807, 2.05) is 757 Å². The first-order chi connectivity index (χ1) is 49.1. The summed E-state index contributed by atoms with van der Waals surface area (Å²) in [6.07, 6.45) is 0. The normalized spacial score (nSPS) is 12.0. The lowest BCUT2D eigenvalue weighted by atomic mass is 11.8. The van der Waals surface area contributed by atoms with Gasteiger partial charge in [-0.15, -0.1) is 0 Å². The van der Waals surface area contributed by atoms with Crippen molar-refractivity contribution in [2.45, 2.75) is 0 Å². The van der Waals surface area contributed by atoms with Crippen molar-refractivity contribution in [3.8, 4) is 0 Å². The zero-order chi connectivity index (χ0) is 71.0. The third-order valence-electron chi connectivity index (χ3n) is 2.85. The number of hydrogen-bond donors (Lipinski definition) is 1. The van der Waals surface area contributed by atoms with E-state index in [1.165, 1.54) is 19.7 Å². The standard InChI is InChI=1S/CH4OS97/c1-2-99(4,5)98-97-96-95-94-93-92-91-90-89-88-87-86-85-84-83-82-81-80-79-78-77-76-75-74-73-72-71-70-69-68-67-66-65-64-63-62-61-60-59-58-57-56-55-54-53-52-51-50-49-48-47-46-45-44-43-42-41-40-39-38-37-36-35-34-33-32-31-30-29-28-27-26-25-24-23-22-21-20-19-18-17-16-15-14-13-12-11-10-9-8-7-6-3/h3H,1H3. The lowest BCUT2D eigenvalue weighted by Gasteiger charge is -2.03. The third kappa shape index (κ3) is 128. The number of rotatable bonds is 94. The third-order valence-corrected chi connectivity index (χ3v) is 214. The molecule has 0 saturated heterocycles. The van der Waals surface area contributed by atoms with Gasteiger partial charge in [-0.3, -0.25) is 0 Å². The van der Waals surface area contributed by atoms with Gasteiger partial charge in [-0.25, -0.2) is 0 Å². The van der Waals surface area contributed by atoms with Crippen molar-refractivity contribution < 1.29 is 4.18 Å². The molecular weight excluding hydrogens is 3140 g/mol. The molecule has 0 amide bonds. The van der Waals surface area contributed by atoms with Crippen LogP contribution < -0.4 is 0 Å². The van der Waals surface area contributed by atoms with Crippen LogP contribution in [0, 0.1) is 0 Å². The highest BCUT2D eigenvalue weighted by molar-refractivity contribution is 9.68. The maximum Gasteiger partial charge on any atom is 0.0817 e. The number of thiol groups is 1. The van der Waals surface area contributed by atoms with Gasteiger partial charge < -0.3 is 4.18 Å². The van der Waals surface area contributed by atoms with Crippen molar-refractivity contribution in [2.75, 3.05) is 7.11 Å². The summed E-state index contributed by atoms with van der Waals surface area (Å²) in [4.78, 5) is 0. The Bertz CT molecular complexity index is 1470. The predicted octanol–water partition coefficient (Wildman–Crippen LogP) is 60.8. The molecule has 0 heterocycles. The van der Waals surface area contributed by atoms with E-state index in [0.29, 0.717) is 0 Å². The monoisotopic (exact) mass is 3130 g/mol. The van der Waals surface area contributed by atoms with Crippen LogP contribution in [0.5, 0.6) is 0 Å². The van der Waals surface area contributed by atoms with Crippen molar-refractivity contribution in [1.29, 1.82) is 0 Å². The largest absolute Gasteiger partial charge is 0.305 e. The van der Waals surface area contributed by atoms with Crippen molar-refractivity contribution in [3.05, 3.63) is 0 Å². The molecule has 0 bridgehead atoms. The molecule has 99 heavy (non-hydrogen) atoms. The van der Waals surface area contributed by atoms with Crippen LogP contribution >= 0.6 is 925 Å². The van der Waals surface area contributed by atoms with Crippen LogP contribution in [0.4, 0.5) is 0 Å². The second-order valence-electron chi connectivity index (χ2n) is 6.91. The molecule has 0 aromatic carbocycles. The van der Waals surface area contributed by atoms with E-state index in [1.54, 1.807) is 145 Å². The van der Waals surface area contributed by atoms with Crippen LogP contribution in [0.15, 0.2) is 0 Å². The van der Waals surface area contributed by atoms with E-state index >= 15 is 0 Å². The average Bonchev–Trinajstić information content (AvgIpc) is 3.12. The summed E-state index contributed by atoms with van der Waals surface area (Å²) in [5.41, 5.74) is 0. The highest BCUT2D eigenvalue weighted by atomic mass is 34.2. The summed E-state index contributed by atoms with van der Waals surface area (Å²) in [7, 11) is 170. The molecule has 0 spiro atoms. The molecular formula is CH4OS97. The first-order valence-corrected chi connectivity index (χ1v) is 145. The topological polar surface area (TPSA) is 9.23 Å². The van der Waals surface area contributed by atoms with Crippen molar-refractivity contribution >= 4 is 954 Å². The highest BCUT2D eigenvalue weighted by Crippen LogP contribution is 2.74. The zero-order valence-corrected chi connectivity index (χ0v) is 120. The molecule has 1 nitrogen and oxygen atoms in total. The van der Waals surface area contributed by atoms with Gasteiger partial charge in [0, 0.05) is 835 Å². The summed E-state index contributed by atoms with van der Waals surface area (Å²) >= 11 is 14.5. The molecule has 0 saturated carbocycles. The van der Waals surface area contributed by atoms with Gasteiger partial charge in [0.2, 0.25) is 0 Å². The van der Waals surface area contributed by atoms with Gasteiger partial charge in [-0.05, 0) is 101 Å². The maximum absolute atomic E-state index is 5.18. The van der Waals surface area contributed by atoms with Crippen LogP contribution in [-0.4, -0.2) is 7.11 Å². The SMILES string of the molecule is COS(=S)(=S)SSSSSSSSSSSSSSSSSSSSSSSSSSSSSSSSSSSSSSSSSSSSSSSSSSSSSSSSSSSSSSSSSSSSSSSSSSSSSSSSSSSSSSSSSSSSSS. The Labute approximate surface area is 938 Å². The lowest BCUT2D eigenvalue weighted by Crippen LogP contribution is -1.87. The zero-order valence-electron chi connectivity index (χ0n) is 41.0. The Morgan fingerprint density at radius 2 is 0.212 bits per heavy atom. The average molecular weight is 3140 g/mol. The Hall–Kier alpha value is 33.7. The maximum atomic E-state index is 5.18. The van der Waals surface area contributed by atoms with E-state index < -0.39 is 6.46 Å². The van der Waals surface area contributed by atoms with E-state index in [9.17, 15) is 0 Å². The summed E-state index contributed by atoms with van der Waals surface area (Å²) in [6, 6.07) is 0. The first kappa shape index (κ1) is 133. The smallest absolute Gasteiger partial charge is 0.0817 e.